The van der Waals surface area contributed by atoms with Crippen molar-refractivity contribution < 1.29 is 13.2 Å². The van der Waals surface area contributed by atoms with Gasteiger partial charge < -0.3 is 4.74 Å². The van der Waals surface area contributed by atoms with Gasteiger partial charge in [0.05, 0.1) is 19.5 Å². The van der Waals surface area contributed by atoms with Gasteiger partial charge in [0.2, 0.25) is 10.0 Å². The second-order valence-electron chi connectivity index (χ2n) is 2.80. The first-order valence-electron chi connectivity index (χ1n) is 3.56. The molecule has 1 atom stereocenters. The van der Waals surface area contributed by atoms with Crippen LogP contribution in [0.2, 0.25) is 0 Å². The molecule has 0 bridgehead atoms. The molecule has 0 N–H and O–H groups in total. The molecule has 0 saturated carbocycles. The molecule has 0 aliphatic carbocycles. The number of morpholine rings is 1. The Morgan fingerprint density at radius 2 is 2.18 bits per heavy atom. The van der Waals surface area contributed by atoms with Crippen molar-refractivity contribution in [2.75, 3.05) is 26.0 Å². The topological polar surface area (TPSA) is 46.6 Å². The summed E-state index contributed by atoms with van der Waals surface area (Å²) in [5, 5.41) is 0. The Labute approximate surface area is 67.2 Å². The van der Waals surface area contributed by atoms with Crippen molar-refractivity contribution >= 4 is 10.0 Å². The molecule has 1 rings (SSSR count). The molecule has 66 valence electrons. The Hall–Kier alpha value is -0.130. The summed E-state index contributed by atoms with van der Waals surface area (Å²) < 4.78 is 28.7. The van der Waals surface area contributed by atoms with Gasteiger partial charge in [-0.05, 0) is 6.92 Å². The lowest BCUT2D eigenvalue weighted by Gasteiger charge is -2.30. The molecular formula is C6H13NO3S. The Bertz CT molecular complexity index is 224. The monoisotopic (exact) mass is 179 g/mol. The standard InChI is InChI=1S/C6H13NO3S/c1-6-5-10-4-3-7(6)11(2,8)9/h6H,3-5H2,1-2H3. The number of hydrogen-bond donors (Lipinski definition) is 0. The predicted octanol–water partition coefficient (Wildman–Crippen LogP) is -0.333. The van der Waals surface area contributed by atoms with Crippen molar-refractivity contribution in [2.24, 2.45) is 0 Å². The molecule has 5 heteroatoms. The van der Waals surface area contributed by atoms with Crippen LogP contribution >= 0.6 is 0 Å². The summed E-state index contributed by atoms with van der Waals surface area (Å²) in [6.45, 7) is 3.35. The Balaban J connectivity index is 2.70. The molecule has 0 aromatic carbocycles. The first kappa shape index (κ1) is 8.96. The van der Waals surface area contributed by atoms with Crippen LogP contribution in [0.5, 0.6) is 0 Å². The van der Waals surface area contributed by atoms with Gasteiger partial charge in [-0.3, -0.25) is 0 Å². The van der Waals surface area contributed by atoms with Crippen molar-refractivity contribution in [1.82, 2.24) is 4.31 Å². The predicted molar refractivity (Wildman–Crippen MR) is 41.8 cm³/mol. The average molecular weight is 179 g/mol. The summed E-state index contributed by atoms with van der Waals surface area (Å²) in [4.78, 5) is 0. The highest BCUT2D eigenvalue weighted by molar-refractivity contribution is 7.88. The van der Waals surface area contributed by atoms with E-state index in [0.717, 1.165) is 0 Å². The van der Waals surface area contributed by atoms with Crippen molar-refractivity contribution in [3.63, 3.8) is 0 Å². The summed E-state index contributed by atoms with van der Waals surface area (Å²) >= 11 is 0. The van der Waals surface area contributed by atoms with Crippen LogP contribution in [0.3, 0.4) is 0 Å². The van der Waals surface area contributed by atoms with Crippen molar-refractivity contribution in [1.29, 1.82) is 0 Å². The number of rotatable bonds is 1. The van der Waals surface area contributed by atoms with Gasteiger partial charge in [0.1, 0.15) is 0 Å². The number of nitrogens with zero attached hydrogens (tertiary/aromatic N) is 1. The molecular weight excluding hydrogens is 166 g/mol. The lowest BCUT2D eigenvalue weighted by atomic mass is 10.3. The van der Waals surface area contributed by atoms with Crippen molar-refractivity contribution in [3.05, 3.63) is 0 Å². The second kappa shape index (κ2) is 3.08. The number of ether oxygens (including phenoxy) is 1. The van der Waals surface area contributed by atoms with E-state index in [0.29, 0.717) is 19.8 Å². The molecule has 1 saturated heterocycles. The second-order valence-corrected chi connectivity index (χ2v) is 4.73. The van der Waals surface area contributed by atoms with E-state index in [1.165, 1.54) is 10.6 Å². The van der Waals surface area contributed by atoms with E-state index in [4.69, 9.17) is 4.74 Å². The van der Waals surface area contributed by atoms with Crippen LogP contribution < -0.4 is 0 Å². The number of hydrogen-bond acceptors (Lipinski definition) is 3. The maximum atomic E-state index is 11.1. The summed E-state index contributed by atoms with van der Waals surface area (Å²) in [5.74, 6) is 0. The van der Waals surface area contributed by atoms with E-state index in [1.807, 2.05) is 6.92 Å². The van der Waals surface area contributed by atoms with Crippen LogP contribution in [-0.2, 0) is 14.8 Å². The minimum atomic E-state index is -3.02. The van der Waals surface area contributed by atoms with Gasteiger partial charge in [-0.15, -0.1) is 0 Å². The minimum Gasteiger partial charge on any atom is -0.378 e. The third kappa shape index (κ3) is 2.15. The zero-order valence-corrected chi connectivity index (χ0v) is 7.60. The Kier molecular flexibility index (Phi) is 2.51. The lowest BCUT2D eigenvalue weighted by molar-refractivity contribution is 0.0396. The molecule has 1 heterocycles. The van der Waals surface area contributed by atoms with Crippen molar-refractivity contribution in [3.8, 4) is 0 Å². The van der Waals surface area contributed by atoms with Crippen LogP contribution in [0.15, 0.2) is 0 Å². The Morgan fingerprint density at radius 3 is 2.55 bits per heavy atom. The van der Waals surface area contributed by atoms with Gasteiger partial charge in [-0.2, -0.15) is 4.31 Å². The molecule has 11 heavy (non-hydrogen) atoms. The van der Waals surface area contributed by atoms with E-state index in [1.54, 1.807) is 0 Å². The average Bonchev–Trinajstić information content (AvgIpc) is 1.86. The fourth-order valence-corrected chi connectivity index (χ4v) is 2.33. The summed E-state index contributed by atoms with van der Waals surface area (Å²) in [6.07, 6.45) is 1.23. The SMILES string of the molecule is CC1COCCN1S(C)(=O)=O. The quantitative estimate of drug-likeness (QED) is 0.553. The van der Waals surface area contributed by atoms with Crippen LogP contribution in [0.25, 0.3) is 0 Å². The summed E-state index contributed by atoms with van der Waals surface area (Å²) in [5.41, 5.74) is 0. The molecule has 1 unspecified atom stereocenters. The number of sulfonamides is 1. The molecule has 0 spiro atoms. The molecule has 0 aromatic heterocycles. The van der Waals surface area contributed by atoms with E-state index in [-0.39, 0.29) is 6.04 Å². The highest BCUT2D eigenvalue weighted by Crippen LogP contribution is 2.09. The zero-order valence-electron chi connectivity index (χ0n) is 6.78. The summed E-state index contributed by atoms with van der Waals surface area (Å²) in [6, 6.07) is -0.0150. The van der Waals surface area contributed by atoms with E-state index in [9.17, 15) is 8.42 Å². The third-order valence-electron chi connectivity index (χ3n) is 1.73. The summed E-state index contributed by atoms with van der Waals surface area (Å²) in [7, 11) is -3.02. The van der Waals surface area contributed by atoms with E-state index < -0.39 is 10.0 Å². The molecule has 1 aliphatic rings. The zero-order chi connectivity index (χ0) is 8.48. The molecule has 4 nitrogen and oxygen atoms in total. The fraction of sp³-hybridized carbons (Fsp3) is 1.00. The van der Waals surface area contributed by atoms with Gasteiger partial charge in [0.15, 0.2) is 0 Å². The van der Waals surface area contributed by atoms with Gasteiger partial charge >= 0.3 is 0 Å². The molecule has 1 aliphatic heterocycles. The van der Waals surface area contributed by atoms with Gasteiger partial charge in [0.25, 0.3) is 0 Å². The molecule has 0 aromatic rings. The van der Waals surface area contributed by atoms with Crippen LogP contribution in [0.4, 0.5) is 0 Å². The van der Waals surface area contributed by atoms with E-state index in [2.05, 4.69) is 0 Å². The highest BCUT2D eigenvalue weighted by atomic mass is 32.2. The van der Waals surface area contributed by atoms with Crippen LogP contribution in [0, 0.1) is 0 Å². The van der Waals surface area contributed by atoms with Crippen LogP contribution in [0.1, 0.15) is 6.92 Å². The first-order valence-corrected chi connectivity index (χ1v) is 5.41. The van der Waals surface area contributed by atoms with Gasteiger partial charge in [-0.1, -0.05) is 0 Å². The lowest BCUT2D eigenvalue weighted by Crippen LogP contribution is -2.46. The highest BCUT2D eigenvalue weighted by Gasteiger charge is 2.25. The largest absolute Gasteiger partial charge is 0.378 e. The Morgan fingerprint density at radius 1 is 1.55 bits per heavy atom. The first-order chi connectivity index (χ1) is 5.02. The maximum absolute atomic E-state index is 11.1. The van der Waals surface area contributed by atoms with E-state index >= 15 is 0 Å². The molecule has 0 amide bonds. The third-order valence-corrected chi connectivity index (χ3v) is 3.13. The fourth-order valence-electron chi connectivity index (χ4n) is 1.20. The maximum Gasteiger partial charge on any atom is 0.211 e. The van der Waals surface area contributed by atoms with Gasteiger partial charge in [-0.25, -0.2) is 8.42 Å². The molecule has 1 fully saturated rings. The smallest absolute Gasteiger partial charge is 0.211 e. The van der Waals surface area contributed by atoms with Gasteiger partial charge in [0, 0.05) is 12.6 Å². The van der Waals surface area contributed by atoms with Crippen molar-refractivity contribution in [2.45, 2.75) is 13.0 Å². The van der Waals surface area contributed by atoms with Crippen LogP contribution in [-0.4, -0.2) is 44.8 Å². The molecule has 0 radical (unpaired) electrons. The minimum absolute atomic E-state index is 0.0150. The normalized spacial score (nSPS) is 28.7.